The molecule has 0 heterocycles. The molecule has 70 valence electrons. The Labute approximate surface area is 70.0 Å². The zero-order valence-corrected chi connectivity index (χ0v) is 6.82. The summed E-state index contributed by atoms with van der Waals surface area (Å²) in [4.78, 5) is 21.4. The highest BCUT2D eigenvalue weighted by molar-refractivity contribution is 6.33. The number of Topliss-reactive ketones (excluding diaryl/α,β-unsaturated/α-hetero) is 1. The van der Waals surface area contributed by atoms with Crippen molar-refractivity contribution in [3.63, 3.8) is 0 Å². The minimum Gasteiger partial charge on any atom is -0.460 e. The fraction of sp³-hybridized carbons (Fsp3) is 0.714. The number of ketones is 1. The smallest absolute Gasteiger partial charge is 0.374 e. The third-order valence-electron chi connectivity index (χ3n) is 1.13. The Hall–Kier alpha value is -0.940. The van der Waals surface area contributed by atoms with Crippen LogP contribution in [0.25, 0.3) is 0 Å². The minimum absolute atomic E-state index is 0.125. The largest absolute Gasteiger partial charge is 0.460 e. The van der Waals surface area contributed by atoms with Crippen LogP contribution in [-0.2, 0) is 14.3 Å². The van der Waals surface area contributed by atoms with Crippen molar-refractivity contribution in [1.82, 2.24) is 0 Å². The van der Waals surface area contributed by atoms with Gasteiger partial charge >= 0.3 is 5.97 Å². The lowest BCUT2D eigenvalue weighted by Crippen LogP contribution is -2.24. The summed E-state index contributed by atoms with van der Waals surface area (Å²) >= 11 is 0. The monoisotopic (exact) mass is 176 g/mol. The molecule has 0 bridgehead atoms. The van der Waals surface area contributed by atoms with Crippen molar-refractivity contribution in [2.24, 2.45) is 0 Å². The summed E-state index contributed by atoms with van der Waals surface area (Å²) in [6.07, 6.45) is -1.57. The number of aliphatic hydroxyl groups excluding tert-OH is 2. The van der Waals surface area contributed by atoms with Crippen molar-refractivity contribution in [1.29, 1.82) is 0 Å². The molecule has 0 aromatic rings. The van der Waals surface area contributed by atoms with E-state index in [2.05, 4.69) is 4.74 Å². The predicted octanol–water partition coefficient (Wildman–Crippen LogP) is -1.14. The summed E-state index contributed by atoms with van der Waals surface area (Å²) in [6, 6.07) is 0. The van der Waals surface area contributed by atoms with Crippen LogP contribution in [0.1, 0.15) is 13.3 Å². The average molecular weight is 176 g/mol. The van der Waals surface area contributed by atoms with E-state index in [9.17, 15) is 9.59 Å². The summed E-state index contributed by atoms with van der Waals surface area (Å²) in [6.45, 7) is 1.17. The lowest BCUT2D eigenvalue weighted by molar-refractivity contribution is -0.154. The van der Waals surface area contributed by atoms with Crippen LogP contribution >= 0.6 is 0 Å². The first-order valence-corrected chi connectivity index (χ1v) is 3.60. The first-order valence-electron chi connectivity index (χ1n) is 3.60. The van der Waals surface area contributed by atoms with Gasteiger partial charge in [0.15, 0.2) is 0 Å². The summed E-state index contributed by atoms with van der Waals surface area (Å²) in [5.74, 6) is -1.79. The molecular weight excluding hydrogens is 164 g/mol. The first kappa shape index (κ1) is 11.1. The zero-order chi connectivity index (χ0) is 9.56. The Balaban J connectivity index is 3.79. The van der Waals surface area contributed by atoms with Crippen molar-refractivity contribution in [2.75, 3.05) is 13.2 Å². The van der Waals surface area contributed by atoms with Gasteiger partial charge in [0.25, 0.3) is 0 Å². The van der Waals surface area contributed by atoms with Crippen LogP contribution in [0, 0.1) is 0 Å². The van der Waals surface area contributed by atoms with E-state index in [0.717, 1.165) is 0 Å². The molecule has 0 rings (SSSR count). The van der Waals surface area contributed by atoms with Gasteiger partial charge < -0.3 is 14.9 Å². The molecule has 1 atom stereocenters. The Kier molecular flexibility index (Phi) is 5.23. The van der Waals surface area contributed by atoms with E-state index in [4.69, 9.17) is 10.2 Å². The maximum absolute atomic E-state index is 10.8. The number of ether oxygens (including phenoxy) is 1. The molecule has 0 aliphatic carbocycles. The number of hydrogen-bond acceptors (Lipinski definition) is 5. The second kappa shape index (κ2) is 5.68. The van der Waals surface area contributed by atoms with Crippen molar-refractivity contribution in [3.05, 3.63) is 0 Å². The Bertz CT molecular complexity index is 165. The number of carbonyl (C=O) groups is 2. The topological polar surface area (TPSA) is 83.8 Å². The van der Waals surface area contributed by atoms with Crippen LogP contribution in [-0.4, -0.2) is 41.3 Å². The van der Waals surface area contributed by atoms with Gasteiger partial charge in [-0.1, -0.05) is 0 Å². The quantitative estimate of drug-likeness (QED) is 0.408. The number of esters is 1. The molecular formula is C7H12O5. The van der Waals surface area contributed by atoms with Gasteiger partial charge in [0.05, 0.1) is 19.3 Å². The van der Waals surface area contributed by atoms with Gasteiger partial charge in [0, 0.05) is 6.42 Å². The number of hydrogen-bond donors (Lipinski definition) is 2. The molecule has 0 aromatic carbocycles. The van der Waals surface area contributed by atoms with E-state index >= 15 is 0 Å². The van der Waals surface area contributed by atoms with Crippen molar-refractivity contribution >= 4 is 11.8 Å². The fourth-order valence-corrected chi connectivity index (χ4v) is 0.573. The highest BCUT2D eigenvalue weighted by Crippen LogP contribution is 1.94. The Morgan fingerprint density at radius 3 is 2.50 bits per heavy atom. The Morgan fingerprint density at radius 1 is 1.50 bits per heavy atom. The zero-order valence-electron chi connectivity index (χ0n) is 6.82. The molecule has 1 unspecified atom stereocenters. The van der Waals surface area contributed by atoms with Crippen LogP contribution in [0.3, 0.4) is 0 Å². The van der Waals surface area contributed by atoms with Gasteiger partial charge in [-0.2, -0.15) is 0 Å². The van der Waals surface area contributed by atoms with E-state index in [0.29, 0.717) is 0 Å². The predicted molar refractivity (Wildman–Crippen MR) is 39.3 cm³/mol. The highest BCUT2D eigenvalue weighted by Gasteiger charge is 2.18. The molecule has 0 aliphatic rings. The Morgan fingerprint density at radius 2 is 2.08 bits per heavy atom. The number of rotatable bonds is 5. The number of carbonyl (C=O) groups excluding carboxylic acids is 2. The van der Waals surface area contributed by atoms with Crippen LogP contribution in [0.4, 0.5) is 0 Å². The van der Waals surface area contributed by atoms with Crippen molar-refractivity contribution in [3.8, 4) is 0 Å². The highest BCUT2D eigenvalue weighted by atomic mass is 16.5. The lowest BCUT2D eigenvalue weighted by atomic mass is 10.2. The van der Waals surface area contributed by atoms with Crippen LogP contribution < -0.4 is 0 Å². The fourth-order valence-electron chi connectivity index (χ4n) is 0.573. The molecule has 0 saturated heterocycles. The third-order valence-corrected chi connectivity index (χ3v) is 1.13. The van der Waals surface area contributed by atoms with E-state index < -0.39 is 30.9 Å². The second-order valence-electron chi connectivity index (χ2n) is 2.18. The van der Waals surface area contributed by atoms with Crippen LogP contribution in [0.2, 0.25) is 0 Å². The van der Waals surface area contributed by atoms with E-state index in [-0.39, 0.29) is 6.61 Å². The summed E-state index contributed by atoms with van der Waals surface area (Å²) in [7, 11) is 0. The number of aliphatic hydroxyl groups is 2. The molecule has 0 aromatic heterocycles. The van der Waals surface area contributed by atoms with Gasteiger partial charge in [0.1, 0.15) is 0 Å². The van der Waals surface area contributed by atoms with E-state index in [1.54, 1.807) is 6.92 Å². The molecule has 5 nitrogen and oxygen atoms in total. The molecule has 0 radical (unpaired) electrons. The molecule has 12 heavy (non-hydrogen) atoms. The minimum atomic E-state index is -1.18. The molecule has 0 saturated carbocycles. The molecule has 0 spiro atoms. The molecule has 5 heteroatoms. The molecule has 2 N–H and O–H groups in total. The molecule has 0 aliphatic heterocycles. The van der Waals surface area contributed by atoms with Crippen LogP contribution in [0.5, 0.6) is 0 Å². The van der Waals surface area contributed by atoms with Gasteiger partial charge in [-0.05, 0) is 6.92 Å². The van der Waals surface area contributed by atoms with E-state index in [1.165, 1.54) is 0 Å². The van der Waals surface area contributed by atoms with Crippen LogP contribution in [0.15, 0.2) is 0 Å². The SMILES string of the molecule is CCOC(=O)C(=O)CC(O)CO. The summed E-state index contributed by atoms with van der Waals surface area (Å²) in [5, 5.41) is 17.1. The van der Waals surface area contributed by atoms with Crippen molar-refractivity contribution in [2.45, 2.75) is 19.4 Å². The van der Waals surface area contributed by atoms with Gasteiger partial charge in [-0.15, -0.1) is 0 Å². The standard InChI is InChI=1S/C7H12O5/c1-2-12-7(11)6(10)3-5(9)4-8/h5,8-9H,2-4H2,1H3. The average Bonchev–Trinajstić information content (AvgIpc) is 2.04. The van der Waals surface area contributed by atoms with E-state index in [1.807, 2.05) is 0 Å². The van der Waals surface area contributed by atoms with Gasteiger partial charge in [-0.3, -0.25) is 4.79 Å². The van der Waals surface area contributed by atoms with Crippen molar-refractivity contribution < 1.29 is 24.5 Å². The lowest BCUT2D eigenvalue weighted by Gasteiger charge is -2.04. The maximum atomic E-state index is 10.8. The second-order valence-corrected chi connectivity index (χ2v) is 2.18. The van der Waals surface area contributed by atoms with Gasteiger partial charge in [-0.25, -0.2) is 4.79 Å². The third kappa shape index (κ3) is 4.05. The summed E-state index contributed by atoms with van der Waals surface area (Å²) in [5.41, 5.74) is 0. The molecule has 0 amide bonds. The summed E-state index contributed by atoms with van der Waals surface area (Å²) < 4.78 is 4.37. The molecule has 0 fully saturated rings. The van der Waals surface area contributed by atoms with Gasteiger partial charge in [0.2, 0.25) is 5.78 Å². The maximum Gasteiger partial charge on any atom is 0.374 e. The first-order chi connectivity index (χ1) is 5.61. The normalized spacial score (nSPS) is 12.2.